The third-order valence-electron chi connectivity index (χ3n) is 3.04. The molecule has 0 amide bonds. The predicted octanol–water partition coefficient (Wildman–Crippen LogP) is 3.90. The summed E-state index contributed by atoms with van der Waals surface area (Å²) in [7, 11) is 0. The van der Waals surface area contributed by atoms with Gasteiger partial charge in [-0.15, -0.1) is 0 Å². The number of rotatable bonds is 4. The molecule has 0 heterocycles. The fourth-order valence-electron chi connectivity index (χ4n) is 1.87. The van der Waals surface area contributed by atoms with Crippen LogP contribution in [-0.2, 0) is 0 Å². The van der Waals surface area contributed by atoms with Crippen LogP contribution in [0.5, 0.6) is 0 Å². The molecule has 0 saturated carbocycles. The second-order valence-corrected chi connectivity index (χ2v) is 4.83. The number of halogens is 2. The van der Waals surface area contributed by atoms with E-state index in [-0.39, 0.29) is 11.9 Å². The van der Waals surface area contributed by atoms with E-state index in [4.69, 9.17) is 17.3 Å². The first-order chi connectivity index (χ1) is 9.11. The number of hydrogen-bond acceptors (Lipinski definition) is 2. The predicted molar refractivity (Wildman–Crippen MR) is 78.0 cm³/mol. The lowest BCUT2D eigenvalue weighted by atomic mass is 10.0. The first kappa shape index (κ1) is 13.8. The van der Waals surface area contributed by atoms with Crippen molar-refractivity contribution in [2.75, 3.05) is 11.9 Å². The summed E-state index contributed by atoms with van der Waals surface area (Å²) in [6.07, 6.45) is 0. The molecule has 1 atom stereocenters. The minimum atomic E-state index is -0.225. The molecule has 3 N–H and O–H groups in total. The van der Waals surface area contributed by atoms with Crippen LogP contribution in [-0.4, -0.2) is 6.54 Å². The molecule has 19 heavy (non-hydrogen) atoms. The van der Waals surface area contributed by atoms with Gasteiger partial charge in [0, 0.05) is 6.54 Å². The van der Waals surface area contributed by atoms with Crippen LogP contribution >= 0.6 is 11.6 Å². The second kappa shape index (κ2) is 6.04. The smallest absolute Gasteiger partial charge is 0.126 e. The van der Waals surface area contributed by atoms with Crippen molar-refractivity contribution >= 4 is 17.3 Å². The van der Waals surface area contributed by atoms with Crippen molar-refractivity contribution in [3.05, 3.63) is 64.4 Å². The van der Waals surface area contributed by atoms with Gasteiger partial charge in [0.25, 0.3) is 0 Å². The summed E-state index contributed by atoms with van der Waals surface area (Å²) in [5.41, 5.74) is 7.99. The Balaban J connectivity index is 2.25. The van der Waals surface area contributed by atoms with Gasteiger partial charge in [-0.3, -0.25) is 0 Å². The maximum absolute atomic E-state index is 13.6. The second-order valence-electron chi connectivity index (χ2n) is 4.42. The van der Waals surface area contributed by atoms with E-state index >= 15 is 0 Å². The zero-order chi connectivity index (χ0) is 13.8. The van der Waals surface area contributed by atoms with Gasteiger partial charge in [0.15, 0.2) is 0 Å². The minimum absolute atomic E-state index is 0.171. The fourth-order valence-corrected chi connectivity index (χ4v) is 2.06. The molecule has 100 valence electrons. The Morgan fingerprint density at radius 1 is 1.26 bits per heavy atom. The molecule has 1 unspecified atom stereocenters. The highest BCUT2D eigenvalue weighted by atomic mass is 35.5. The highest BCUT2D eigenvalue weighted by molar-refractivity contribution is 6.33. The van der Waals surface area contributed by atoms with Crippen LogP contribution in [0.25, 0.3) is 0 Å². The van der Waals surface area contributed by atoms with E-state index < -0.39 is 0 Å². The summed E-state index contributed by atoms with van der Waals surface area (Å²) in [5.74, 6) is -0.225. The number of nitrogens with two attached hydrogens (primary N) is 1. The van der Waals surface area contributed by atoms with Gasteiger partial charge in [0.1, 0.15) is 5.82 Å². The number of aryl methyl sites for hydroxylation is 1. The number of hydrogen-bond donors (Lipinski definition) is 2. The first-order valence-corrected chi connectivity index (χ1v) is 6.47. The number of anilines is 1. The number of benzene rings is 2. The van der Waals surface area contributed by atoms with Crippen molar-refractivity contribution in [1.82, 2.24) is 0 Å². The summed E-state index contributed by atoms with van der Waals surface area (Å²) in [4.78, 5) is 0. The van der Waals surface area contributed by atoms with Crippen LogP contribution in [0.15, 0.2) is 42.5 Å². The lowest BCUT2D eigenvalue weighted by molar-refractivity contribution is 0.613. The molecule has 0 aliphatic carbocycles. The van der Waals surface area contributed by atoms with Crippen LogP contribution in [0.3, 0.4) is 0 Å². The molecule has 2 nitrogen and oxygen atoms in total. The maximum atomic E-state index is 13.6. The Kier molecular flexibility index (Phi) is 4.40. The van der Waals surface area contributed by atoms with E-state index in [1.54, 1.807) is 19.1 Å². The molecule has 0 aliphatic rings. The van der Waals surface area contributed by atoms with Gasteiger partial charge < -0.3 is 11.1 Å². The highest BCUT2D eigenvalue weighted by Crippen LogP contribution is 2.26. The fraction of sp³-hybridized carbons (Fsp3) is 0.200. The lowest BCUT2D eigenvalue weighted by Crippen LogP contribution is -2.21. The van der Waals surface area contributed by atoms with Crippen LogP contribution in [0.4, 0.5) is 10.1 Å². The van der Waals surface area contributed by atoms with Gasteiger partial charge in [0.05, 0.1) is 16.8 Å². The highest BCUT2D eigenvalue weighted by Gasteiger charge is 2.12. The van der Waals surface area contributed by atoms with E-state index in [9.17, 15) is 4.39 Å². The van der Waals surface area contributed by atoms with Crippen molar-refractivity contribution < 1.29 is 4.39 Å². The molecule has 0 spiro atoms. The third-order valence-corrected chi connectivity index (χ3v) is 3.37. The SMILES string of the molecule is Cc1ccc(C(CN)Nc2ccccc2Cl)cc1F. The molecule has 0 aromatic heterocycles. The molecule has 0 bridgehead atoms. The summed E-state index contributed by atoms with van der Waals surface area (Å²) in [6.45, 7) is 2.09. The van der Waals surface area contributed by atoms with Gasteiger partial charge in [-0.1, -0.05) is 35.9 Å². The molecule has 2 rings (SSSR count). The van der Waals surface area contributed by atoms with E-state index in [2.05, 4.69) is 5.32 Å². The molecule has 2 aromatic rings. The van der Waals surface area contributed by atoms with E-state index in [0.717, 1.165) is 11.3 Å². The summed E-state index contributed by atoms with van der Waals surface area (Å²) < 4.78 is 13.6. The maximum Gasteiger partial charge on any atom is 0.126 e. The Morgan fingerprint density at radius 3 is 2.63 bits per heavy atom. The third kappa shape index (κ3) is 3.25. The largest absolute Gasteiger partial charge is 0.376 e. The summed E-state index contributed by atoms with van der Waals surface area (Å²) in [5, 5.41) is 3.86. The van der Waals surface area contributed by atoms with Gasteiger partial charge >= 0.3 is 0 Å². The minimum Gasteiger partial charge on any atom is -0.376 e. The lowest BCUT2D eigenvalue weighted by Gasteiger charge is -2.19. The zero-order valence-electron chi connectivity index (χ0n) is 10.7. The zero-order valence-corrected chi connectivity index (χ0v) is 11.4. The number of para-hydroxylation sites is 1. The molecule has 2 aromatic carbocycles. The van der Waals surface area contributed by atoms with E-state index in [1.807, 2.05) is 24.3 Å². The normalized spacial score (nSPS) is 12.2. The monoisotopic (exact) mass is 278 g/mol. The average molecular weight is 279 g/mol. The van der Waals surface area contributed by atoms with Crippen molar-refractivity contribution in [2.45, 2.75) is 13.0 Å². The van der Waals surface area contributed by atoms with Crippen LogP contribution in [0.2, 0.25) is 5.02 Å². The summed E-state index contributed by atoms with van der Waals surface area (Å²) >= 11 is 6.09. The Labute approximate surface area is 117 Å². The van der Waals surface area contributed by atoms with Gasteiger partial charge in [0.2, 0.25) is 0 Å². The van der Waals surface area contributed by atoms with E-state index in [1.165, 1.54) is 6.07 Å². The Bertz CT molecular complexity index is 572. The standard InChI is InChI=1S/C15H16ClFN2/c1-10-6-7-11(8-13(10)17)15(9-18)19-14-5-3-2-4-12(14)16/h2-8,15,19H,9,18H2,1H3. The molecule has 0 saturated heterocycles. The molecule has 0 aliphatic heterocycles. The Morgan fingerprint density at radius 2 is 2.00 bits per heavy atom. The van der Waals surface area contributed by atoms with Crippen LogP contribution in [0, 0.1) is 12.7 Å². The van der Waals surface area contributed by atoms with Crippen LogP contribution < -0.4 is 11.1 Å². The molecular weight excluding hydrogens is 263 g/mol. The van der Waals surface area contributed by atoms with Crippen molar-refractivity contribution in [2.24, 2.45) is 5.73 Å². The van der Waals surface area contributed by atoms with Gasteiger partial charge in [-0.2, -0.15) is 0 Å². The van der Waals surface area contributed by atoms with Gasteiger partial charge in [-0.25, -0.2) is 4.39 Å². The van der Waals surface area contributed by atoms with Crippen molar-refractivity contribution in [1.29, 1.82) is 0 Å². The van der Waals surface area contributed by atoms with Gasteiger partial charge in [-0.05, 0) is 36.2 Å². The van der Waals surface area contributed by atoms with Crippen molar-refractivity contribution in [3.63, 3.8) is 0 Å². The quantitative estimate of drug-likeness (QED) is 0.890. The van der Waals surface area contributed by atoms with Crippen molar-refractivity contribution in [3.8, 4) is 0 Å². The molecule has 4 heteroatoms. The summed E-state index contributed by atoms with van der Waals surface area (Å²) in [6, 6.07) is 12.4. The first-order valence-electron chi connectivity index (χ1n) is 6.09. The topological polar surface area (TPSA) is 38.0 Å². The molecule has 0 radical (unpaired) electrons. The van der Waals surface area contributed by atoms with E-state index in [0.29, 0.717) is 17.1 Å². The molecule has 0 fully saturated rings. The molecular formula is C15H16ClFN2. The Hall–Kier alpha value is -1.58. The van der Waals surface area contributed by atoms with Crippen LogP contribution in [0.1, 0.15) is 17.2 Å². The average Bonchev–Trinajstić information content (AvgIpc) is 2.41. The number of nitrogens with one attached hydrogen (secondary N) is 1.